The molecule has 3 rings (SSSR count). The topological polar surface area (TPSA) is 103 Å². The zero-order valence-corrected chi connectivity index (χ0v) is 17.2. The third-order valence-corrected chi connectivity index (χ3v) is 4.47. The van der Waals surface area contributed by atoms with E-state index in [0.29, 0.717) is 23.5 Å². The standard InChI is InChI=1S/C22H22N4O4/c1-5-25-18-9-7-6-8-17(18)24-22(25)16(13-23)10-15-11-19(26(27)28)21(30-14(2)3)20(12-15)29-4/h6-12,14H,5H2,1-4H3/b16-10-. The number of fused-ring (bicyclic) bond motifs is 1. The summed E-state index contributed by atoms with van der Waals surface area (Å²) in [5.74, 6) is 0.796. The molecule has 0 saturated heterocycles. The minimum atomic E-state index is -0.523. The molecule has 0 atom stereocenters. The molecule has 0 bridgehead atoms. The molecule has 8 nitrogen and oxygen atoms in total. The summed E-state index contributed by atoms with van der Waals surface area (Å²) in [6.07, 6.45) is 1.31. The van der Waals surface area contributed by atoms with E-state index >= 15 is 0 Å². The van der Waals surface area contributed by atoms with Crippen LogP contribution < -0.4 is 9.47 Å². The van der Waals surface area contributed by atoms with E-state index in [9.17, 15) is 15.4 Å². The molecule has 0 saturated carbocycles. The Hall–Kier alpha value is -3.86. The number of nitro benzene ring substituents is 1. The summed E-state index contributed by atoms with van der Waals surface area (Å²) in [7, 11) is 1.42. The van der Waals surface area contributed by atoms with Crippen LogP contribution in [0, 0.1) is 21.4 Å². The summed E-state index contributed by atoms with van der Waals surface area (Å²) in [5.41, 5.74) is 2.21. The summed E-state index contributed by atoms with van der Waals surface area (Å²) >= 11 is 0. The van der Waals surface area contributed by atoms with E-state index < -0.39 is 4.92 Å². The van der Waals surface area contributed by atoms with E-state index in [-0.39, 0.29) is 23.3 Å². The van der Waals surface area contributed by atoms with Crippen molar-refractivity contribution in [3.8, 4) is 17.6 Å². The number of imidazole rings is 1. The molecule has 8 heteroatoms. The molecule has 3 aromatic rings. The molecule has 1 heterocycles. The van der Waals surface area contributed by atoms with Crippen molar-refractivity contribution in [1.82, 2.24) is 9.55 Å². The second kappa shape index (κ2) is 8.66. The van der Waals surface area contributed by atoms with Crippen LogP contribution in [0.25, 0.3) is 22.7 Å². The van der Waals surface area contributed by atoms with E-state index in [2.05, 4.69) is 11.1 Å². The number of allylic oxidation sites excluding steroid dienone is 1. The second-order valence-corrected chi connectivity index (χ2v) is 6.83. The first-order valence-corrected chi connectivity index (χ1v) is 9.50. The quantitative estimate of drug-likeness (QED) is 0.316. The number of hydrogen-bond donors (Lipinski definition) is 0. The third-order valence-electron chi connectivity index (χ3n) is 4.47. The Balaban J connectivity index is 2.19. The number of benzene rings is 2. The van der Waals surface area contributed by atoms with Crippen molar-refractivity contribution in [2.24, 2.45) is 0 Å². The van der Waals surface area contributed by atoms with Crippen molar-refractivity contribution in [3.05, 3.63) is 57.9 Å². The van der Waals surface area contributed by atoms with Gasteiger partial charge in [0.05, 0.1) is 34.7 Å². The molecule has 0 aliphatic heterocycles. The predicted molar refractivity (Wildman–Crippen MR) is 114 cm³/mol. The van der Waals surface area contributed by atoms with Gasteiger partial charge >= 0.3 is 5.69 Å². The van der Waals surface area contributed by atoms with Crippen LogP contribution in [0.2, 0.25) is 0 Å². The first kappa shape index (κ1) is 20.9. The smallest absolute Gasteiger partial charge is 0.315 e. The fourth-order valence-electron chi connectivity index (χ4n) is 3.25. The highest BCUT2D eigenvalue weighted by molar-refractivity contribution is 5.91. The number of nitro groups is 1. The van der Waals surface area contributed by atoms with E-state index in [1.54, 1.807) is 26.0 Å². The highest BCUT2D eigenvalue weighted by Gasteiger charge is 2.23. The Bertz CT molecular complexity index is 1170. The summed E-state index contributed by atoms with van der Waals surface area (Å²) in [6.45, 7) is 6.15. The van der Waals surface area contributed by atoms with Crippen LogP contribution in [0.1, 0.15) is 32.2 Å². The predicted octanol–water partition coefficient (Wildman–Crippen LogP) is 4.82. The zero-order chi connectivity index (χ0) is 21.8. The van der Waals surface area contributed by atoms with Gasteiger partial charge in [0.2, 0.25) is 5.75 Å². The number of aryl methyl sites for hydroxylation is 1. The highest BCUT2D eigenvalue weighted by Crippen LogP contribution is 2.40. The van der Waals surface area contributed by atoms with Gasteiger partial charge < -0.3 is 14.0 Å². The largest absolute Gasteiger partial charge is 0.493 e. The fourth-order valence-corrected chi connectivity index (χ4v) is 3.25. The zero-order valence-electron chi connectivity index (χ0n) is 17.2. The van der Waals surface area contributed by atoms with Crippen molar-refractivity contribution in [3.63, 3.8) is 0 Å². The van der Waals surface area contributed by atoms with Crippen molar-refractivity contribution in [2.45, 2.75) is 33.4 Å². The number of ether oxygens (including phenoxy) is 2. The normalized spacial score (nSPS) is 11.5. The Kier molecular flexibility index (Phi) is 6.02. The first-order valence-electron chi connectivity index (χ1n) is 9.50. The average molecular weight is 406 g/mol. The molecule has 30 heavy (non-hydrogen) atoms. The van der Waals surface area contributed by atoms with Crippen molar-refractivity contribution < 1.29 is 14.4 Å². The van der Waals surface area contributed by atoms with Gasteiger partial charge in [-0.25, -0.2) is 4.98 Å². The number of hydrogen-bond acceptors (Lipinski definition) is 6. The Labute approximate surface area is 174 Å². The van der Waals surface area contributed by atoms with Crippen LogP contribution >= 0.6 is 0 Å². The van der Waals surface area contributed by atoms with Crippen LogP contribution in [0.5, 0.6) is 11.5 Å². The average Bonchev–Trinajstić information content (AvgIpc) is 3.10. The number of rotatable bonds is 7. The molecule has 0 aliphatic carbocycles. The van der Waals surface area contributed by atoms with Crippen molar-refractivity contribution >= 4 is 28.4 Å². The molecule has 1 aromatic heterocycles. The van der Waals surface area contributed by atoms with Crippen LogP contribution in [-0.2, 0) is 6.54 Å². The van der Waals surface area contributed by atoms with E-state index in [4.69, 9.17) is 9.47 Å². The SMILES string of the molecule is CCn1c(/C(C#N)=C\c2cc(OC)c(OC(C)C)c([N+](=O)[O-])c2)nc2ccccc21. The molecule has 0 N–H and O–H groups in total. The number of para-hydroxylation sites is 2. The van der Waals surface area contributed by atoms with E-state index in [1.165, 1.54) is 13.2 Å². The fraction of sp³-hybridized carbons (Fsp3) is 0.273. The van der Waals surface area contributed by atoms with Gasteiger partial charge in [0.1, 0.15) is 6.07 Å². The maximum atomic E-state index is 11.6. The lowest BCUT2D eigenvalue weighted by Crippen LogP contribution is -2.09. The van der Waals surface area contributed by atoms with Crippen LogP contribution in [0.3, 0.4) is 0 Å². The number of nitriles is 1. The Morgan fingerprint density at radius 3 is 2.70 bits per heavy atom. The molecular formula is C22H22N4O4. The van der Waals surface area contributed by atoms with Crippen LogP contribution in [0.4, 0.5) is 5.69 Å². The van der Waals surface area contributed by atoms with Gasteiger partial charge in [-0.3, -0.25) is 10.1 Å². The van der Waals surface area contributed by atoms with Gasteiger partial charge in [-0.05, 0) is 50.6 Å². The molecule has 154 valence electrons. The molecule has 0 spiro atoms. The summed E-state index contributed by atoms with van der Waals surface area (Å²) in [4.78, 5) is 15.7. The van der Waals surface area contributed by atoms with Gasteiger partial charge in [-0.15, -0.1) is 0 Å². The monoisotopic (exact) mass is 406 g/mol. The van der Waals surface area contributed by atoms with Crippen LogP contribution in [-0.4, -0.2) is 27.7 Å². The maximum absolute atomic E-state index is 11.6. The first-order chi connectivity index (χ1) is 14.4. The van der Waals surface area contributed by atoms with Crippen molar-refractivity contribution in [2.75, 3.05) is 7.11 Å². The second-order valence-electron chi connectivity index (χ2n) is 6.83. The number of nitrogens with zero attached hydrogens (tertiary/aromatic N) is 4. The summed E-state index contributed by atoms with van der Waals surface area (Å²) in [5, 5.41) is 21.4. The molecule has 2 aromatic carbocycles. The van der Waals surface area contributed by atoms with Crippen LogP contribution in [0.15, 0.2) is 36.4 Å². The van der Waals surface area contributed by atoms with Gasteiger partial charge in [-0.2, -0.15) is 5.26 Å². The number of aromatic nitrogens is 2. The van der Waals surface area contributed by atoms with E-state index in [1.807, 2.05) is 35.8 Å². The highest BCUT2D eigenvalue weighted by atomic mass is 16.6. The van der Waals surface area contributed by atoms with Gasteiger partial charge in [0, 0.05) is 12.6 Å². The molecule has 0 radical (unpaired) electrons. The summed E-state index contributed by atoms with van der Waals surface area (Å²) < 4.78 is 12.9. The third kappa shape index (κ3) is 3.96. The minimum absolute atomic E-state index is 0.0638. The molecule has 0 amide bonds. The van der Waals surface area contributed by atoms with Crippen molar-refractivity contribution in [1.29, 1.82) is 5.26 Å². The van der Waals surface area contributed by atoms with Gasteiger partial charge in [-0.1, -0.05) is 12.1 Å². The number of methoxy groups -OCH3 is 1. The lowest BCUT2D eigenvalue weighted by molar-refractivity contribution is -0.386. The summed E-state index contributed by atoms with van der Waals surface area (Å²) in [6, 6.07) is 12.8. The Morgan fingerprint density at radius 1 is 1.37 bits per heavy atom. The molecule has 0 aliphatic rings. The Morgan fingerprint density at radius 2 is 2.10 bits per heavy atom. The maximum Gasteiger partial charge on any atom is 0.315 e. The van der Waals surface area contributed by atoms with E-state index in [0.717, 1.165) is 11.0 Å². The molecule has 0 unspecified atom stereocenters. The molecular weight excluding hydrogens is 384 g/mol. The van der Waals surface area contributed by atoms with Gasteiger partial charge in [0.25, 0.3) is 0 Å². The minimum Gasteiger partial charge on any atom is -0.493 e. The lowest BCUT2D eigenvalue weighted by Gasteiger charge is -2.14. The molecule has 0 fully saturated rings. The van der Waals surface area contributed by atoms with Gasteiger partial charge in [0.15, 0.2) is 11.6 Å². The lowest BCUT2D eigenvalue weighted by atomic mass is 10.1.